The second-order valence-corrected chi connectivity index (χ2v) is 6.50. The third kappa shape index (κ3) is 6.53. The minimum absolute atomic E-state index is 0.108. The van der Waals surface area contributed by atoms with Gasteiger partial charge in [-0.25, -0.2) is 18.6 Å². The summed E-state index contributed by atoms with van der Waals surface area (Å²) in [4.78, 5) is 20.6. The van der Waals surface area contributed by atoms with Crippen molar-refractivity contribution in [3.8, 4) is 5.75 Å². The summed E-state index contributed by atoms with van der Waals surface area (Å²) in [6.45, 7) is 2.41. The zero-order valence-electron chi connectivity index (χ0n) is 17.0. The van der Waals surface area contributed by atoms with Crippen LogP contribution in [0.3, 0.4) is 0 Å². The number of amides is 2. The minimum Gasteiger partial charge on any atom is -0.497 e. The van der Waals surface area contributed by atoms with Gasteiger partial charge in [0.2, 0.25) is 5.95 Å². The molecule has 0 fully saturated rings. The van der Waals surface area contributed by atoms with E-state index in [2.05, 4.69) is 31.2 Å². The van der Waals surface area contributed by atoms with Crippen molar-refractivity contribution >= 4 is 29.2 Å². The molecule has 1 aromatic heterocycles. The van der Waals surface area contributed by atoms with Crippen LogP contribution in [0, 0.1) is 18.6 Å². The van der Waals surface area contributed by atoms with Crippen molar-refractivity contribution in [3.63, 3.8) is 0 Å². The van der Waals surface area contributed by atoms with Crippen LogP contribution in [0.4, 0.5) is 36.7 Å². The monoisotopic (exact) mass is 428 g/mol. The van der Waals surface area contributed by atoms with Gasteiger partial charge in [0, 0.05) is 36.6 Å². The summed E-state index contributed by atoms with van der Waals surface area (Å²) in [5.74, 6) is 0.191. The molecule has 0 aliphatic rings. The lowest BCUT2D eigenvalue weighted by atomic mass is 10.3. The first-order chi connectivity index (χ1) is 14.9. The number of nitrogens with zero attached hydrogens (tertiary/aromatic N) is 2. The molecule has 0 aliphatic heterocycles. The molecule has 0 radical (unpaired) electrons. The molecule has 10 heteroatoms. The Labute approximate surface area is 178 Å². The molecular weight excluding hydrogens is 406 g/mol. The lowest BCUT2D eigenvalue weighted by Gasteiger charge is -2.11. The van der Waals surface area contributed by atoms with Crippen LogP contribution in [0.15, 0.2) is 48.5 Å². The Bertz CT molecular complexity index is 1050. The van der Waals surface area contributed by atoms with Crippen molar-refractivity contribution in [1.82, 2.24) is 15.3 Å². The number of hydrogen-bond donors (Lipinski definition) is 4. The fourth-order valence-electron chi connectivity index (χ4n) is 2.64. The summed E-state index contributed by atoms with van der Waals surface area (Å²) in [6.07, 6.45) is 0. The van der Waals surface area contributed by atoms with E-state index in [4.69, 9.17) is 4.74 Å². The van der Waals surface area contributed by atoms with Gasteiger partial charge in [-0.1, -0.05) is 0 Å². The van der Waals surface area contributed by atoms with Gasteiger partial charge in [-0.15, -0.1) is 0 Å². The lowest BCUT2D eigenvalue weighted by molar-refractivity contribution is 0.252. The van der Waals surface area contributed by atoms with E-state index in [1.165, 1.54) is 0 Å². The number of carbonyl (C=O) groups excluding carboxylic acids is 1. The predicted molar refractivity (Wildman–Crippen MR) is 115 cm³/mol. The van der Waals surface area contributed by atoms with Crippen molar-refractivity contribution in [2.45, 2.75) is 6.92 Å². The topological polar surface area (TPSA) is 100 Å². The van der Waals surface area contributed by atoms with Crippen LogP contribution < -0.4 is 26.0 Å². The molecule has 8 nitrogen and oxygen atoms in total. The first-order valence-electron chi connectivity index (χ1n) is 9.43. The zero-order chi connectivity index (χ0) is 22.2. The molecule has 0 saturated carbocycles. The third-order valence-corrected chi connectivity index (χ3v) is 4.09. The Kier molecular flexibility index (Phi) is 7.15. The van der Waals surface area contributed by atoms with Gasteiger partial charge in [0.05, 0.1) is 12.8 Å². The molecule has 162 valence electrons. The van der Waals surface area contributed by atoms with Crippen LogP contribution in [0.25, 0.3) is 0 Å². The molecule has 31 heavy (non-hydrogen) atoms. The SMILES string of the molecule is COc1ccc(Nc2cc(C)nc(NCCNC(=O)Nc3ccc(F)cc3F)n2)cc1. The van der Waals surface area contributed by atoms with Crippen molar-refractivity contribution in [3.05, 3.63) is 65.9 Å². The molecule has 0 unspecified atom stereocenters. The second kappa shape index (κ2) is 10.2. The van der Waals surface area contributed by atoms with E-state index in [-0.39, 0.29) is 12.2 Å². The number of benzene rings is 2. The molecule has 0 atom stereocenters. The normalized spacial score (nSPS) is 10.3. The summed E-state index contributed by atoms with van der Waals surface area (Å²) in [6, 6.07) is 11.5. The Morgan fingerprint density at radius 1 is 1.03 bits per heavy atom. The highest BCUT2D eigenvalue weighted by atomic mass is 19.1. The number of anilines is 4. The molecule has 0 saturated heterocycles. The van der Waals surface area contributed by atoms with Crippen LogP contribution in [0.2, 0.25) is 0 Å². The van der Waals surface area contributed by atoms with Gasteiger partial charge < -0.3 is 26.0 Å². The van der Waals surface area contributed by atoms with E-state index in [1.807, 2.05) is 31.2 Å². The van der Waals surface area contributed by atoms with E-state index in [9.17, 15) is 13.6 Å². The molecule has 1 heterocycles. The Hall–Kier alpha value is -3.95. The minimum atomic E-state index is -0.849. The number of urea groups is 1. The molecule has 2 aromatic carbocycles. The van der Waals surface area contributed by atoms with Gasteiger partial charge in [0.25, 0.3) is 0 Å². The van der Waals surface area contributed by atoms with Gasteiger partial charge in [-0.2, -0.15) is 4.98 Å². The van der Waals surface area contributed by atoms with Gasteiger partial charge in [0.15, 0.2) is 0 Å². The highest BCUT2D eigenvalue weighted by Gasteiger charge is 2.08. The number of halogens is 2. The number of nitrogens with one attached hydrogen (secondary N) is 4. The van der Waals surface area contributed by atoms with Crippen LogP contribution in [0.1, 0.15) is 5.69 Å². The van der Waals surface area contributed by atoms with Gasteiger partial charge in [-0.05, 0) is 43.3 Å². The maximum atomic E-state index is 13.6. The molecule has 0 aliphatic carbocycles. The summed E-state index contributed by atoms with van der Waals surface area (Å²) in [5, 5.41) is 11.1. The number of methoxy groups -OCH3 is 1. The molecular formula is C21H22F2N6O2. The van der Waals surface area contributed by atoms with Crippen LogP contribution >= 0.6 is 0 Å². The van der Waals surface area contributed by atoms with Gasteiger partial charge in [0.1, 0.15) is 23.2 Å². The molecule has 4 N–H and O–H groups in total. The quantitative estimate of drug-likeness (QED) is 0.404. The number of hydrogen-bond acceptors (Lipinski definition) is 6. The fourth-order valence-corrected chi connectivity index (χ4v) is 2.64. The largest absolute Gasteiger partial charge is 0.497 e. The van der Waals surface area contributed by atoms with E-state index in [0.29, 0.717) is 24.4 Å². The fraction of sp³-hybridized carbons (Fsp3) is 0.190. The van der Waals surface area contributed by atoms with Gasteiger partial charge >= 0.3 is 6.03 Å². The molecule has 0 spiro atoms. The Morgan fingerprint density at radius 3 is 2.52 bits per heavy atom. The average Bonchev–Trinajstić information content (AvgIpc) is 2.73. The number of aromatic nitrogens is 2. The smallest absolute Gasteiger partial charge is 0.319 e. The van der Waals surface area contributed by atoms with Crippen molar-refractivity contribution in [2.75, 3.05) is 36.1 Å². The highest BCUT2D eigenvalue weighted by Crippen LogP contribution is 2.20. The standard InChI is InChI=1S/C21H22F2N6O2/c1-13-11-19(27-15-4-6-16(31-2)7-5-15)29-20(26-13)24-9-10-25-21(30)28-18-8-3-14(22)12-17(18)23/h3-8,11-12H,9-10H2,1-2H3,(H2,25,28,30)(H2,24,26,27,29). The summed E-state index contributed by atoms with van der Waals surface area (Å²) < 4.78 is 31.6. The summed E-state index contributed by atoms with van der Waals surface area (Å²) in [7, 11) is 1.60. The first-order valence-corrected chi connectivity index (χ1v) is 9.43. The van der Waals surface area contributed by atoms with Crippen LogP contribution in [-0.4, -0.2) is 36.2 Å². The summed E-state index contributed by atoms with van der Waals surface area (Å²) >= 11 is 0. The van der Waals surface area contributed by atoms with Gasteiger partial charge in [-0.3, -0.25) is 0 Å². The van der Waals surface area contributed by atoms with E-state index in [1.54, 1.807) is 13.2 Å². The summed E-state index contributed by atoms with van der Waals surface area (Å²) in [5.41, 5.74) is 1.49. The van der Waals surface area contributed by atoms with Crippen LogP contribution in [0.5, 0.6) is 5.75 Å². The van der Waals surface area contributed by atoms with Crippen molar-refractivity contribution in [1.29, 1.82) is 0 Å². The molecule has 3 aromatic rings. The molecule has 0 bridgehead atoms. The maximum Gasteiger partial charge on any atom is 0.319 e. The number of rotatable bonds is 8. The van der Waals surface area contributed by atoms with Crippen molar-refractivity contribution < 1.29 is 18.3 Å². The molecule has 3 rings (SSSR count). The molecule has 2 amide bonds. The third-order valence-electron chi connectivity index (χ3n) is 4.09. The number of aryl methyl sites for hydroxylation is 1. The first kappa shape index (κ1) is 21.8. The Balaban J connectivity index is 1.49. The average molecular weight is 428 g/mol. The number of ether oxygens (including phenoxy) is 1. The maximum absolute atomic E-state index is 13.6. The Morgan fingerprint density at radius 2 is 1.81 bits per heavy atom. The van der Waals surface area contributed by atoms with E-state index in [0.717, 1.165) is 29.3 Å². The second-order valence-electron chi connectivity index (χ2n) is 6.50. The van der Waals surface area contributed by atoms with E-state index >= 15 is 0 Å². The van der Waals surface area contributed by atoms with Crippen molar-refractivity contribution in [2.24, 2.45) is 0 Å². The number of carbonyl (C=O) groups is 1. The highest BCUT2D eigenvalue weighted by molar-refractivity contribution is 5.89. The lowest BCUT2D eigenvalue weighted by Crippen LogP contribution is -2.33. The zero-order valence-corrected chi connectivity index (χ0v) is 17.0. The van der Waals surface area contributed by atoms with Crippen LogP contribution in [-0.2, 0) is 0 Å². The van der Waals surface area contributed by atoms with E-state index < -0.39 is 17.7 Å². The predicted octanol–water partition coefficient (Wildman–Crippen LogP) is 4.05.